The van der Waals surface area contributed by atoms with Crippen LogP contribution in [0.5, 0.6) is 5.75 Å². The lowest BCUT2D eigenvalue weighted by Gasteiger charge is -2.08. The average molecular weight is 441 g/mol. The second-order valence-electron chi connectivity index (χ2n) is 6.82. The zero-order chi connectivity index (χ0) is 21.8. The molecule has 0 radical (unpaired) electrons. The standard InChI is InChI=1S/C22H18ClFN4O3/c1-14-20(13-30-19-8-4-17(24)5-9-19)21(27-31-14)22(29)26-18-6-2-15(3-7-18)11-28-12-16(23)10-25-28/h2-10,12H,11,13H2,1H3,(H,26,29). The van der Waals surface area contributed by atoms with E-state index >= 15 is 0 Å². The summed E-state index contributed by atoms with van der Waals surface area (Å²) < 4.78 is 25.6. The van der Waals surface area contributed by atoms with Crippen LogP contribution in [0.15, 0.2) is 65.4 Å². The van der Waals surface area contributed by atoms with Crippen LogP contribution in [0.1, 0.15) is 27.4 Å². The quantitative estimate of drug-likeness (QED) is 0.444. The van der Waals surface area contributed by atoms with Crippen molar-refractivity contribution in [1.82, 2.24) is 14.9 Å². The van der Waals surface area contributed by atoms with Crippen molar-refractivity contribution in [3.8, 4) is 5.75 Å². The third kappa shape index (κ3) is 5.10. The number of aromatic nitrogens is 3. The minimum absolute atomic E-state index is 0.0646. The number of aryl methyl sites for hydroxylation is 1. The topological polar surface area (TPSA) is 82.2 Å². The lowest BCUT2D eigenvalue weighted by molar-refractivity contribution is 0.101. The van der Waals surface area contributed by atoms with Gasteiger partial charge >= 0.3 is 0 Å². The zero-order valence-corrected chi connectivity index (χ0v) is 17.3. The lowest BCUT2D eigenvalue weighted by atomic mass is 10.1. The number of benzene rings is 2. The van der Waals surface area contributed by atoms with Crippen molar-refractivity contribution in [2.45, 2.75) is 20.1 Å². The van der Waals surface area contributed by atoms with Gasteiger partial charge in [-0.2, -0.15) is 5.10 Å². The Bertz CT molecular complexity index is 1190. The van der Waals surface area contributed by atoms with Gasteiger partial charge < -0.3 is 14.6 Å². The molecule has 2 heterocycles. The lowest BCUT2D eigenvalue weighted by Crippen LogP contribution is -2.15. The Morgan fingerprint density at radius 3 is 2.61 bits per heavy atom. The first kappa shape index (κ1) is 20.6. The van der Waals surface area contributed by atoms with Gasteiger partial charge in [0, 0.05) is 11.9 Å². The van der Waals surface area contributed by atoms with Crippen molar-refractivity contribution < 1.29 is 18.4 Å². The number of hydrogen-bond donors (Lipinski definition) is 1. The van der Waals surface area contributed by atoms with E-state index in [9.17, 15) is 9.18 Å². The Kier molecular flexibility index (Phi) is 5.99. The molecule has 7 nitrogen and oxygen atoms in total. The molecule has 2 aromatic heterocycles. The molecule has 2 aromatic carbocycles. The summed E-state index contributed by atoms with van der Waals surface area (Å²) in [5, 5.41) is 11.4. The first-order valence-corrected chi connectivity index (χ1v) is 9.77. The summed E-state index contributed by atoms with van der Waals surface area (Å²) in [4.78, 5) is 12.7. The molecule has 1 N–H and O–H groups in total. The fourth-order valence-corrected chi connectivity index (χ4v) is 3.08. The number of halogens is 2. The highest BCUT2D eigenvalue weighted by molar-refractivity contribution is 6.30. The highest BCUT2D eigenvalue weighted by atomic mass is 35.5. The summed E-state index contributed by atoms with van der Waals surface area (Å²) in [7, 11) is 0. The molecule has 4 aromatic rings. The van der Waals surface area contributed by atoms with E-state index in [2.05, 4.69) is 15.6 Å². The summed E-state index contributed by atoms with van der Waals surface area (Å²) in [5.74, 6) is 0.178. The second kappa shape index (κ2) is 9.01. The maximum atomic E-state index is 13.0. The van der Waals surface area contributed by atoms with Crippen molar-refractivity contribution in [2.24, 2.45) is 0 Å². The molecular formula is C22H18ClFN4O3. The summed E-state index contributed by atoms with van der Waals surface area (Å²) in [6, 6.07) is 13.0. The molecule has 0 atom stereocenters. The molecule has 9 heteroatoms. The van der Waals surface area contributed by atoms with Crippen LogP contribution in [0.25, 0.3) is 0 Å². The molecule has 158 valence electrons. The Morgan fingerprint density at radius 2 is 1.94 bits per heavy atom. The van der Waals surface area contributed by atoms with Crippen LogP contribution in [0.4, 0.5) is 10.1 Å². The Hall–Kier alpha value is -3.65. The Morgan fingerprint density at radius 1 is 1.19 bits per heavy atom. The van der Waals surface area contributed by atoms with E-state index in [1.54, 1.807) is 36.1 Å². The van der Waals surface area contributed by atoms with E-state index in [-0.39, 0.29) is 18.1 Å². The van der Waals surface area contributed by atoms with Gasteiger partial charge in [-0.1, -0.05) is 28.9 Å². The van der Waals surface area contributed by atoms with Gasteiger partial charge in [-0.15, -0.1) is 0 Å². The first-order chi connectivity index (χ1) is 15.0. The summed E-state index contributed by atoms with van der Waals surface area (Å²) in [6.07, 6.45) is 3.31. The molecule has 0 spiro atoms. The van der Waals surface area contributed by atoms with E-state index in [4.69, 9.17) is 20.9 Å². The molecule has 0 aliphatic rings. The number of nitrogens with one attached hydrogen (secondary N) is 1. The highest BCUT2D eigenvalue weighted by Crippen LogP contribution is 2.20. The van der Waals surface area contributed by atoms with Crippen molar-refractivity contribution in [3.63, 3.8) is 0 Å². The van der Waals surface area contributed by atoms with Crippen LogP contribution >= 0.6 is 11.6 Å². The van der Waals surface area contributed by atoms with Crippen LogP contribution in [0, 0.1) is 12.7 Å². The van der Waals surface area contributed by atoms with Crippen LogP contribution in [-0.2, 0) is 13.2 Å². The number of anilines is 1. The summed E-state index contributed by atoms with van der Waals surface area (Å²) in [6.45, 7) is 2.33. The van der Waals surface area contributed by atoms with Gasteiger partial charge in [0.15, 0.2) is 5.69 Å². The van der Waals surface area contributed by atoms with Crippen LogP contribution in [0.3, 0.4) is 0 Å². The molecule has 4 rings (SSSR count). The van der Waals surface area contributed by atoms with Gasteiger partial charge in [0.25, 0.3) is 5.91 Å². The van der Waals surface area contributed by atoms with Gasteiger partial charge in [0.05, 0.1) is 23.3 Å². The number of amides is 1. The third-order valence-electron chi connectivity index (χ3n) is 4.55. The molecule has 0 saturated carbocycles. The van der Waals surface area contributed by atoms with Crippen molar-refractivity contribution in [1.29, 1.82) is 0 Å². The van der Waals surface area contributed by atoms with Crippen molar-refractivity contribution in [3.05, 3.63) is 94.3 Å². The molecule has 1 amide bonds. The van der Waals surface area contributed by atoms with Crippen molar-refractivity contribution >= 4 is 23.2 Å². The zero-order valence-electron chi connectivity index (χ0n) is 16.5. The first-order valence-electron chi connectivity index (χ1n) is 9.40. The van der Waals surface area contributed by atoms with Gasteiger partial charge in [-0.05, 0) is 48.9 Å². The van der Waals surface area contributed by atoms with Crippen LogP contribution in [0.2, 0.25) is 5.02 Å². The second-order valence-corrected chi connectivity index (χ2v) is 7.25. The van der Waals surface area contributed by atoms with Gasteiger partial charge in [0.1, 0.15) is 23.9 Å². The van der Waals surface area contributed by atoms with Crippen LogP contribution < -0.4 is 10.1 Å². The smallest absolute Gasteiger partial charge is 0.278 e. The van der Waals surface area contributed by atoms with E-state index in [1.165, 1.54) is 24.3 Å². The molecule has 0 unspecified atom stereocenters. The molecular weight excluding hydrogens is 423 g/mol. The van der Waals surface area contributed by atoms with Gasteiger partial charge in [0.2, 0.25) is 0 Å². The molecule has 31 heavy (non-hydrogen) atoms. The van der Waals surface area contributed by atoms with E-state index in [0.717, 1.165) is 5.56 Å². The third-order valence-corrected chi connectivity index (χ3v) is 4.75. The fourth-order valence-electron chi connectivity index (χ4n) is 2.92. The normalized spacial score (nSPS) is 10.8. The summed E-state index contributed by atoms with van der Waals surface area (Å²) in [5.41, 5.74) is 2.27. The number of carbonyl (C=O) groups is 1. The Balaban J connectivity index is 1.41. The number of ether oxygens (including phenoxy) is 1. The molecule has 0 fully saturated rings. The summed E-state index contributed by atoms with van der Waals surface area (Å²) >= 11 is 5.88. The number of carbonyl (C=O) groups excluding carboxylic acids is 1. The monoisotopic (exact) mass is 440 g/mol. The minimum Gasteiger partial charge on any atom is -0.489 e. The number of hydrogen-bond acceptors (Lipinski definition) is 5. The van der Waals surface area contributed by atoms with E-state index in [1.807, 2.05) is 12.1 Å². The fraction of sp³-hybridized carbons (Fsp3) is 0.136. The maximum Gasteiger partial charge on any atom is 0.278 e. The maximum absolute atomic E-state index is 13.0. The molecule has 0 bridgehead atoms. The predicted molar refractivity (Wildman–Crippen MR) is 113 cm³/mol. The van der Waals surface area contributed by atoms with Crippen molar-refractivity contribution in [2.75, 3.05) is 5.32 Å². The largest absolute Gasteiger partial charge is 0.489 e. The van der Waals surface area contributed by atoms with Gasteiger partial charge in [-0.3, -0.25) is 9.48 Å². The number of rotatable bonds is 7. The molecule has 0 saturated heterocycles. The van der Waals surface area contributed by atoms with E-state index < -0.39 is 5.91 Å². The molecule has 0 aliphatic carbocycles. The average Bonchev–Trinajstić information content (AvgIpc) is 3.34. The van der Waals surface area contributed by atoms with Crippen LogP contribution in [-0.4, -0.2) is 20.8 Å². The number of nitrogens with zero attached hydrogens (tertiary/aromatic N) is 3. The highest BCUT2D eigenvalue weighted by Gasteiger charge is 2.20. The Labute approximate surface area is 182 Å². The minimum atomic E-state index is -0.416. The van der Waals surface area contributed by atoms with E-state index in [0.29, 0.717) is 34.3 Å². The SMILES string of the molecule is Cc1onc(C(=O)Nc2ccc(Cn3cc(Cl)cn3)cc2)c1COc1ccc(F)cc1. The van der Waals surface area contributed by atoms with Gasteiger partial charge in [-0.25, -0.2) is 4.39 Å². The molecule has 0 aliphatic heterocycles. The predicted octanol–water partition coefficient (Wildman–Crippen LogP) is 4.85.